The third-order valence-electron chi connectivity index (χ3n) is 4.46. The van der Waals surface area contributed by atoms with Crippen molar-refractivity contribution in [2.24, 2.45) is 0 Å². The molecule has 21 heavy (non-hydrogen) atoms. The Balaban J connectivity index is 1.62. The van der Waals surface area contributed by atoms with Gasteiger partial charge in [-0.25, -0.2) is 4.98 Å². The molecule has 1 N–H and O–H groups in total. The van der Waals surface area contributed by atoms with Gasteiger partial charge in [0, 0.05) is 13.2 Å². The third kappa shape index (κ3) is 2.21. The van der Waals surface area contributed by atoms with Crippen LogP contribution in [0.25, 0.3) is 11.0 Å². The van der Waals surface area contributed by atoms with E-state index in [1.165, 1.54) is 0 Å². The van der Waals surface area contributed by atoms with Gasteiger partial charge in [-0.05, 0) is 37.8 Å². The van der Waals surface area contributed by atoms with Gasteiger partial charge in [0.25, 0.3) is 5.91 Å². The number of ether oxygens (including phenoxy) is 1. The van der Waals surface area contributed by atoms with Crippen molar-refractivity contribution in [1.29, 1.82) is 0 Å². The summed E-state index contributed by atoms with van der Waals surface area (Å²) >= 11 is 0. The molecule has 0 aliphatic carbocycles. The maximum Gasteiger partial charge on any atom is 0.252 e. The maximum atomic E-state index is 12.6. The summed E-state index contributed by atoms with van der Waals surface area (Å²) in [4.78, 5) is 22.6. The van der Waals surface area contributed by atoms with Crippen molar-refractivity contribution in [1.82, 2.24) is 14.9 Å². The molecule has 4 rings (SSSR count). The highest BCUT2D eigenvalue weighted by Gasteiger charge is 2.37. The van der Waals surface area contributed by atoms with Crippen molar-refractivity contribution in [2.45, 2.75) is 37.8 Å². The molecule has 5 nitrogen and oxygen atoms in total. The van der Waals surface area contributed by atoms with E-state index >= 15 is 0 Å². The van der Waals surface area contributed by atoms with Crippen LogP contribution < -0.4 is 0 Å². The van der Waals surface area contributed by atoms with Crippen LogP contribution in [0.4, 0.5) is 0 Å². The molecule has 2 aromatic rings. The van der Waals surface area contributed by atoms with Crippen LogP contribution in [0.5, 0.6) is 0 Å². The number of imidazole rings is 1. The van der Waals surface area contributed by atoms with Crippen molar-refractivity contribution in [3.8, 4) is 0 Å². The largest absolute Gasteiger partial charge is 0.368 e. The van der Waals surface area contributed by atoms with E-state index in [1.807, 2.05) is 29.2 Å². The molecule has 0 radical (unpaired) electrons. The predicted molar refractivity (Wildman–Crippen MR) is 78.8 cm³/mol. The summed E-state index contributed by atoms with van der Waals surface area (Å²) in [6.07, 6.45) is 3.59. The fourth-order valence-corrected chi connectivity index (χ4v) is 3.40. The van der Waals surface area contributed by atoms with Gasteiger partial charge in [-0.1, -0.05) is 12.1 Å². The van der Waals surface area contributed by atoms with Crippen molar-refractivity contribution in [3.05, 3.63) is 30.1 Å². The number of hydrogen-bond acceptors (Lipinski definition) is 3. The van der Waals surface area contributed by atoms with Crippen LogP contribution in [0, 0.1) is 0 Å². The van der Waals surface area contributed by atoms with Gasteiger partial charge in [0.15, 0.2) is 0 Å². The molecule has 0 spiro atoms. The van der Waals surface area contributed by atoms with Crippen LogP contribution in [0.15, 0.2) is 24.3 Å². The number of amides is 1. The Bertz CT molecular complexity index is 627. The Kier molecular flexibility index (Phi) is 3.15. The number of likely N-dealkylation sites (tertiary alicyclic amines) is 1. The minimum absolute atomic E-state index is 0.0640. The number of para-hydroxylation sites is 2. The maximum absolute atomic E-state index is 12.6. The van der Waals surface area contributed by atoms with Crippen LogP contribution in [0.3, 0.4) is 0 Å². The second kappa shape index (κ2) is 5.15. The molecule has 5 heteroatoms. The summed E-state index contributed by atoms with van der Waals surface area (Å²) in [5, 5.41) is 0. The first kappa shape index (κ1) is 12.8. The summed E-state index contributed by atoms with van der Waals surface area (Å²) in [6.45, 7) is 1.51. The molecule has 0 saturated carbocycles. The highest BCUT2D eigenvalue weighted by atomic mass is 16.5. The minimum Gasteiger partial charge on any atom is -0.368 e. The quantitative estimate of drug-likeness (QED) is 0.921. The average Bonchev–Trinajstić information content (AvgIpc) is 3.24. The number of nitrogens with zero attached hydrogens (tertiary/aromatic N) is 2. The van der Waals surface area contributed by atoms with Crippen molar-refractivity contribution < 1.29 is 9.53 Å². The van der Waals surface area contributed by atoms with Gasteiger partial charge in [0.05, 0.1) is 17.1 Å². The van der Waals surface area contributed by atoms with E-state index in [4.69, 9.17) is 4.74 Å². The first-order valence-corrected chi connectivity index (χ1v) is 7.69. The molecule has 2 aliphatic rings. The number of H-pyrrole nitrogens is 1. The van der Waals surface area contributed by atoms with Crippen molar-refractivity contribution in [3.63, 3.8) is 0 Å². The summed E-state index contributed by atoms with van der Waals surface area (Å²) in [5.74, 6) is 1.04. The van der Waals surface area contributed by atoms with E-state index in [2.05, 4.69) is 9.97 Å². The smallest absolute Gasteiger partial charge is 0.252 e. The number of fused-ring (bicyclic) bond motifs is 1. The van der Waals surface area contributed by atoms with E-state index in [1.54, 1.807) is 0 Å². The lowest BCUT2D eigenvalue weighted by molar-refractivity contribution is -0.142. The Morgan fingerprint density at radius 3 is 3.00 bits per heavy atom. The predicted octanol–water partition coefficient (Wildman–Crippen LogP) is 2.41. The third-order valence-corrected chi connectivity index (χ3v) is 4.46. The van der Waals surface area contributed by atoms with Gasteiger partial charge in [0.2, 0.25) is 0 Å². The van der Waals surface area contributed by atoms with Gasteiger partial charge in [-0.15, -0.1) is 0 Å². The fourth-order valence-electron chi connectivity index (χ4n) is 3.40. The second-order valence-corrected chi connectivity index (χ2v) is 5.83. The number of hydrogen-bond donors (Lipinski definition) is 1. The first-order chi connectivity index (χ1) is 10.3. The molecule has 2 atom stereocenters. The lowest BCUT2D eigenvalue weighted by Crippen LogP contribution is -2.38. The summed E-state index contributed by atoms with van der Waals surface area (Å²) in [5.41, 5.74) is 1.99. The summed E-state index contributed by atoms with van der Waals surface area (Å²) in [7, 11) is 0. The highest BCUT2D eigenvalue weighted by Crippen LogP contribution is 2.33. The number of carbonyl (C=O) groups is 1. The molecule has 1 amide bonds. The zero-order chi connectivity index (χ0) is 14.2. The molecule has 0 bridgehead atoms. The van der Waals surface area contributed by atoms with Gasteiger partial charge >= 0.3 is 0 Å². The first-order valence-electron chi connectivity index (χ1n) is 7.69. The molecule has 2 saturated heterocycles. The SMILES string of the molecule is O=C([C@H]1CCCO1)N1CCC[C@@H]1c1nc2ccccc2[nH]1. The Hall–Kier alpha value is -1.88. The molecule has 1 aromatic heterocycles. The van der Waals surface area contributed by atoms with Crippen LogP contribution in [-0.4, -0.2) is 40.0 Å². The zero-order valence-electron chi connectivity index (χ0n) is 11.9. The summed E-state index contributed by atoms with van der Waals surface area (Å²) < 4.78 is 5.55. The molecule has 2 fully saturated rings. The molecule has 0 unspecified atom stereocenters. The topological polar surface area (TPSA) is 58.2 Å². The minimum atomic E-state index is -0.241. The molecule has 2 aliphatic heterocycles. The van der Waals surface area contributed by atoms with E-state index < -0.39 is 0 Å². The van der Waals surface area contributed by atoms with Crippen LogP contribution in [0.1, 0.15) is 37.5 Å². The zero-order valence-corrected chi connectivity index (χ0v) is 11.9. The Morgan fingerprint density at radius 1 is 1.29 bits per heavy atom. The number of aromatic amines is 1. The van der Waals surface area contributed by atoms with E-state index in [-0.39, 0.29) is 18.1 Å². The molecular weight excluding hydrogens is 266 g/mol. The summed E-state index contributed by atoms with van der Waals surface area (Å²) in [6, 6.07) is 8.06. The number of aromatic nitrogens is 2. The average molecular weight is 285 g/mol. The number of carbonyl (C=O) groups excluding carboxylic acids is 1. The lowest BCUT2D eigenvalue weighted by Gasteiger charge is -2.25. The standard InChI is InChI=1S/C16H19N3O2/c20-16(14-8-4-10-21-14)19-9-3-7-13(19)15-17-11-5-1-2-6-12(11)18-15/h1-2,5-6,13-14H,3-4,7-10H2,(H,17,18)/t13-,14-/m1/s1. The van der Waals surface area contributed by atoms with Crippen LogP contribution >= 0.6 is 0 Å². The second-order valence-electron chi connectivity index (χ2n) is 5.83. The van der Waals surface area contributed by atoms with E-state index in [9.17, 15) is 4.79 Å². The molecule has 1 aromatic carbocycles. The van der Waals surface area contributed by atoms with Gasteiger partial charge < -0.3 is 14.6 Å². The normalized spacial score (nSPS) is 25.8. The molecular formula is C16H19N3O2. The van der Waals surface area contributed by atoms with Crippen molar-refractivity contribution >= 4 is 16.9 Å². The highest BCUT2D eigenvalue weighted by molar-refractivity contribution is 5.82. The number of nitrogens with one attached hydrogen (secondary N) is 1. The van der Waals surface area contributed by atoms with Gasteiger partial charge in [-0.3, -0.25) is 4.79 Å². The van der Waals surface area contributed by atoms with E-state index in [0.717, 1.165) is 49.1 Å². The van der Waals surface area contributed by atoms with Crippen molar-refractivity contribution in [2.75, 3.05) is 13.2 Å². The van der Waals surface area contributed by atoms with E-state index in [0.29, 0.717) is 6.61 Å². The Morgan fingerprint density at radius 2 is 2.19 bits per heavy atom. The lowest BCUT2D eigenvalue weighted by atomic mass is 10.1. The fraction of sp³-hybridized carbons (Fsp3) is 0.500. The number of rotatable bonds is 2. The van der Waals surface area contributed by atoms with Crippen LogP contribution in [0.2, 0.25) is 0 Å². The van der Waals surface area contributed by atoms with Gasteiger partial charge in [-0.2, -0.15) is 0 Å². The van der Waals surface area contributed by atoms with Crippen LogP contribution in [-0.2, 0) is 9.53 Å². The number of benzene rings is 1. The monoisotopic (exact) mass is 285 g/mol. The molecule has 110 valence electrons. The van der Waals surface area contributed by atoms with Gasteiger partial charge in [0.1, 0.15) is 11.9 Å². The Labute approximate surface area is 123 Å². The molecule has 3 heterocycles.